The van der Waals surface area contributed by atoms with Gasteiger partial charge < -0.3 is 0 Å². The van der Waals surface area contributed by atoms with E-state index in [-0.39, 0.29) is 0 Å². The van der Waals surface area contributed by atoms with Crippen molar-refractivity contribution in [2.75, 3.05) is 20.1 Å². The maximum Gasteiger partial charge on any atom is 0.0196 e. The normalized spacial score (nSPS) is 28.1. The van der Waals surface area contributed by atoms with Gasteiger partial charge in [-0.25, -0.2) is 0 Å². The SMILES string of the molecule is CN1CC2=C(CC2)C1. The second-order valence-electron chi connectivity index (χ2n) is 2.88. The van der Waals surface area contributed by atoms with Crippen molar-refractivity contribution < 1.29 is 0 Å². The largest absolute Gasteiger partial charge is 0.299 e. The lowest BCUT2D eigenvalue weighted by molar-refractivity contribution is 0.428. The highest BCUT2D eigenvalue weighted by atomic mass is 15.1. The van der Waals surface area contributed by atoms with Crippen LogP contribution in [0.1, 0.15) is 12.8 Å². The van der Waals surface area contributed by atoms with Crippen molar-refractivity contribution >= 4 is 0 Å². The Morgan fingerprint density at radius 2 is 1.62 bits per heavy atom. The molecule has 0 saturated heterocycles. The lowest BCUT2D eigenvalue weighted by Crippen LogP contribution is -2.13. The fraction of sp³-hybridized carbons (Fsp3) is 0.714. The van der Waals surface area contributed by atoms with Gasteiger partial charge in [0.2, 0.25) is 0 Å². The first-order valence-electron chi connectivity index (χ1n) is 3.24. The van der Waals surface area contributed by atoms with Gasteiger partial charge in [-0.15, -0.1) is 0 Å². The quantitative estimate of drug-likeness (QED) is 0.420. The first-order chi connectivity index (χ1) is 3.86. The Bertz CT molecular complexity index is 130. The van der Waals surface area contributed by atoms with Gasteiger partial charge in [0.15, 0.2) is 0 Å². The molecule has 0 aromatic heterocycles. The van der Waals surface area contributed by atoms with Crippen molar-refractivity contribution in [1.82, 2.24) is 4.90 Å². The van der Waals surface area contributed by atoms with Gasteiger partial charge in [-0.05, 0) is 19.9 Å². The van der Waals surface area contributed by atoms with Crippen LogP contribution in [-0.4, -0.2) is 25.0 Å². The molecule has 0 atom stereocenters. The van der Waals surface area contributed by atoms with E-state index in [2.05, 4.69) is 11.9 Å². The molecular weight excluding hydrogens is 98.1 g/mol. The fourth-order valence-corrected chi connectivity index (χ4v) is 1.57. The van der Waals surface area contributed by atoms with Crippen LogP contribution in [0.5, 0.6) is 0 Å². The third-order valence-electron chi connectivity index (χ3n) is 2.15. The second kappa shape index (κ2) is 1.35. The monoisotopic (exact) mass is 109 g/mol. The topological polar surface area (TPSA) is 3.24 Å². The molecule has 0 fully saturated rings. The van der Waals surface area contributed by atoms with E-state index in [9.17, 15) is 0 Å². The highest BCUT2D eigenvalue weighted by Gasteiger charge is 2.24. The molecule has 0 amide bonds. The highest BCUT2D eigenvalue weighted by Crippen LogP contribution is 2.33. The maximum atomic E-state index is 2.39. The molecule has 8 heavy (non-hydrogen) atoms. The summed E-state index contributed by atoms with van der Waals surface area (Å²) in [6.45, 7) is 2.52. The standard InChI is InChI=1S/C7H11N/c1-8-4-6-2-3-7(6)5-8/h2-5H2,1H3. The molecular formula is C7H11N. The summed E-state index contributed by atoms with van der Waals surface area (Å²) in [7, 11) is 2.19. The smallest absolute Gasteiger partial charge is 0.0196 e. The molecule has 2 aliphatic rings. The molecule has 1 nitrogen and oxygen atoms in total. The molecule has 1 aliphatic heterocycles. The van der Waals surface area contributed by atoms with Gasteiger partial charge >= 0.3 is 0 Å². The molecule has 0 saturated carbocycles. The van der Waals surface area contributed by atoms with Gasteiger partial charge in [0.25, 0.3) is 0 Å². The van der Waals surface area contributed by atoms with E-state index < -0.39 is 0 Å². The number of rotatable bonds is 0. The summed E-state index contributed by atoms with van der Waals surface area (Å²) in [4.78, 5) is 2.39. The second-order valence-corrected chi connectivity index (χ2v) is 2.88. The van der Waals surface area contributed by atoms with Gasteiger partial charge in [-0.3, -0.25) is 4.90 Å². The van der Waals surface area contributed by atoms with Crippen molar-refractivity contribution in [2.45, 2.75) is 12.8 Å². The van der Waals surface area contributed by atoms with E-state index in [4.69, 9.17) is 0 Å². The Balaban J connectivity index is 2.17. The number of hydrogen-bond acceptors (Lipinski definition) is 1. The first-order valence-corrected chi connectivity index (χ1v) is 3.24. The minimum Gasteiger partial charge on any atom is -0.299 e. The zero-order chi connectivity index (χ0) is 5.56. The Labute approximate surface area is 50.0 Å². The van der Waals surface area contributed by atoms with E-state index >= 15 is 0 Å². The Morgan fingerprint density at radius 3 is 1.88 bits per heavy atom. The summed E-state index contributed by atoms with van der Waals surface area (Å²) in [6, 6.07) is 0. The molecule has 1 heterocycles. The summed E-state index contributed by atoms with van der Waals surface area (Å²) in [5.41, 5.74) is 3.46. The van der Waals surface area contributed by atoms with Crippen molar-refractivity contribution in [3.8, 4) is 0 Å². The van der Waals surface area contributed by atoms with Crippen LogP contribution >= 0.6 is 0 Å². The Morgan fingerprint density at radius 1 is 1.12 bits per heavy atom. The third-order valence-corrected chi connectivity index (χ3v) is 2.15. The number of likely N-dealkylation sites (tertiary alicyclic amines) is 1. The van der Waals surface area contributed by atoms with Gasteiger partial charge in [0.05, 0.1) is 0 Å². The molecule has 2 rings (SSSR count). The summed E-state index contributed by atoms with van der Waals surface area (Å²) < 4.78 is 0. The van der Waals surface area contributed by atoms with Gasteiger partial charge in [0, 0.05) is 13.1 Å². The average Bonchev–Trinajstić information content (AvgIpc) is 1.91. The molecule has 44 valence electrons. The molecule has 0 aromatic rings. The van der Waals surface area contributed by atoms with Crippen LogP contribution in [0, 0.1) is 0 Å². The van der Waals surface area contributed by atoms with Crippen molar-refractivity contribution in [3.05, 3.63) is 11.1 Å². The Hall–Kier alpha value is -0.300. The zero-order valence-electron chi connectivity index (χ0n) is 5.28. The van der Waals surface area contributed by atoms with Gasteiger partial charge in [-0.2, -0.15) is 0 Å². The van der Waals surface area contributed by atoms with E-state index in [0.29, 0.717) is 0 Å². The van der Waals surface area contributed by atoms with E-state index in [1.807, 2.05) is 0 Å². The van der Waals surface area contributed by atoms with Crippen LogP contribution in [0.4, 0.5) is 0 Å². The Kier molecular flexibility index (Phi) is 0.770. The van der Waals surface area contributed by atoms with Crippen molar-refractivity contribution in [2.24, 2.45) is 0 Å². The van der Waals surface area contributed by atoms with Crippen molar-refractivity contribution in [1.29, 1.82) is 0 Å². The number of hydrogen-bond donors (Lipinski definition) is 0. The number of likely N-dealkylation sites (N-methyl/N-ethyl adjacent to an activating group) is 1. The van der Waals surface area contributed by atoms with Crippen LogP contribution in [0.3, 0.4) is 0 Å². The zero-order valence-corrected chi connectivity index (χ0v) is 5.28. The van der Waals surface area contributed by atoms with E-state index in [1.165, 1.54) is 25.9 Å². The predicted molar refractivity (Wildman–Crippen MR) is 33.8 cm³/mol. The fourth-order valence-electron chi connectivity index (χ4n) is 1.57. The molecule has 0 spiro atoms. The maximum absolute atomic E-state index is 2.39. The van der Waals surface area contributed by atoms with Crippen LogP contribution in [0.25, 0.3) is 0 Å². The highest BCUT2D eigenvalue weighted by molar-refractivity contribution is 5.31. The predicted octanol–water partition coefficient (Wildman–Crippen LogP) is 1.02. The third kappa shape index (κ3) is 0.451. The molecule has 0 aromatic carbocycles. The van der Waals surface area contributed by atoms with Crippen LogP contribution < -0.4 is 0 Å². The summed E-state index contributed by atoms with van der Waals surface area (Å²) in [6.07, 6.45) is 2.78. The van der Waals surface area contributed by atoms with Gasteiger partial charge in [0.1, 0.15) is 0 Å². The molecule has 0 N–H and O–H groups in total. The van der Waals surface area contributed by atoms with Gasteiger partial charge in [-0.1, -0.05) is 11.1 Å². The van der Waals surface area contributed by atoms with Crippen molar-refractivity contribution in [3.63, 3.8) is 0 Å². The van der Waals surface area contributed by atoms with Crippen LogP contribution in [0.2, 0.25) is 0 Å². The summed E-state index contributed by atoms with van der Waals surface area (Å²) in [5.74, 6) is 0. The average molecular weight is 109 g/mol. The van der Waals surface area contributed by atoms with E-state index in [0.717, 1.165) is 0 Å². The minimum absolute atomic E-state index is 1.26. The molecule has 0 radical (unpaired) electrons. The van der Waals surface area contributed by atoms with E-state index in [1.54, 1.807) is 11.1 Å². The molecule has 0 bridgehead atoms. The first kappa shape index (κ1) is 4.57. The molecule has 1 aliphatic carbocycles. The molecule has 0 unspecified atom stereocenters. The van der Waals surface area contributed by atoms with Crippen LogP contribution in [-0.2, 0) is 0 Å². The lowest BCUT2D eigenvalue weighted by atomic mass is 9.92. The van der Waals surface area contributed by atoms with Crippen LogP contribution in [0.15, 0.2) is 11.1 Å². The lowest BCUT2D eigenvalue weighted by Gasteiger charge is -2.13. The summed E-state index contributed by atoms with van der Waals surface area (Å²) in [5, 5.41) is 0. The summed E-state index contributed by atoms with van der Waals surface area (Å²) >= 11 is 0. The number of nitrogens with zero attached hydrogens (tertiary/aromatic N) is 1. The molecule has 1 heteroatoms. The minimum atomic E-state index is 1.26.